The topological polar surface area (TPSA) is 40.5 Å². The van der Waals surface area contributed by atoms with Crippen LogP contribution < -0.4 is 0 Å². The monoisotopic (exact) mass is 265 g/mol. The van der Waals surface area contributed by atoms with Crippen LogP contribution in [0.4, 0.5) is 4.39 Å². The van der Waals surface area contributed by atoms with Crippen molar-refractivity contribution in [1.82, 2.24) is 4.90 Å². The van der Waals surface area contributed by atoms with Crippen LogP contribution in [0.15, 0.2) is 24.3 Å². The number of Topliss-reactive ketones (excluding diaryl/α,β-unsaturated/α-hetero) is 1. The predicted octanol–water partition coefficient (Wildman–Crippen LogP) is 2.25. The zero-order chi connectivity index (χ0) is 13.7. The van der Waals surface area contributed by atoms with E-state index in [0.717, 1.165) is 19.4 Å². The molecule has 0 radical (unpaired) electrons. The average Bonchev–Trinajstić information content (AvgIpc) is 2.33. The molecule has 0 heterocycles. The van der Waals surface area contributed by atoms with Crippen molar-refractivity contribution < 1.29 is 14.3 Å². The van der Waals surface area contributed by atoms with E-state index in [1.807, 2.05) is 0 Å². The Hall–Kier alpha value is -1.26. The van der Waals surface area contributed by atoms with Gasteiger partial charge in [0.1, 0.15) is 5.82 Å². The van der Waals surface area contributed by atoms with E-state index < -0.39 is 0 Å². The average molecular weight is 265 g/mol. The van der Waals surface area contributed by atoms with Crippen molar-refractivity contribution >= 4 is 5.78 Å². The van der Waals surface area contributed by atoms with Crippen molar-refractivity contribution in [3.05, 3.63) is 35.6 Å². The second-order valence-electron chi connectivity index (χ2n) is 5.07. The summed E-state index contributed by atoms with van der Waals surface area (Å²) >= 11 is 0. The van der Waals surface area contributed by atoms with Crippen LogP contribution >= 0.6 is 0 Å². The summed E-state index contributed by atoms with van der Waals surface area (Å²) in [7, 11) is 0. The number of carbonyl (C=O) groups is 1. The van der Waals surface area contributed by atoms with E-state index in [1.54, 1.807) is 12.1 Å². The molecule has 3 nitrogen and oxygen atoms in total. The molecule has 0 amide bonds. The Kier molecular flexibility index (Phi) is 5.05. The number of benzene rings is 1. The molecule has 4 heteroatoms. The molecule has 0 aromatic heterocycles. The summed E-state index contributed by atoms with van der Waals surface area (Å²) in [5.41, 5.74) is 0.424. The number of aliphatic hydroxyl groups excluding tert-OH is 1. The lowest BCUT2D eigenvalue weighted by Crippen LogP contribution is -2.43. The van der Waals surface area contributed by atoms with Gasteiger partial charge in [0.05, 0.1) is 6.54 Å². The van der Waals surface area contributed by atoms with E-state index in [2.05, 4.69) is 4.90 Å². The van der Waals surface area contributed by atoms with Gasteiger partial charge < -0.3 is 5.11 Å². The van der Waals surface area contributed by atoms with E-state index in [4.69, 9.17) is 5.11 Å². The molecule has 0 saturated heterocycles. The smallest absolute Gasteiger partial charge is 0.176 e. The fraction of sp³-hybridized carbons (Fsp3) is 0.533. The van der Waals surface area contributed by atoms with Crippen LogP contribution in [0.1, 0.15) is 36.0 Å². The molecule has 1 aromatic carbocycles. The Bertz CT molecular complexity index is 432. The molecule has 104 valence electrons. The molecule has 1 saturated carbocycles. The van der Waals surface area contributed by atoms with Crippen LogP contribution in [0.5, 0.6) is 0 Å². The number of aliphatic hydroxyl groups is 1. The summed E-state index contributed by atoms with van der Waals surface area (Å²) in [6.45, 7) is 1.17. The minimum atomic E-state index is -0.378. The number of nitrogens with zero attached hydrogens (tertiary/aromatic N) is 1. The van der Waals surface area contributed by atoms with Crippen LogP contribution in [0.2, 0.25) is 0 Å². The Morgan fingerprint density at radius 3 is 2.79 bits per heavy atom. The van der Waals surface area contributed by atoms with E-state index in [1.165, 1.54) is 18.6 Å². The van der Waals surface area contributed by atoms with Gasteiger partial charge in [0, 0.05) is 24.8 Å². The summed E-state index contributed by atoms with van der Waals surface area (Å²) < 4.78 is 13.1. The summed E-state index contributed by atoms with van der Waals surface area (Å²) in [5.74, 6) is -0.430. The highest BCUT2D eigenvalue weighted by molar-refractivity contribution is 5.97. The minimum absolute atomic E-state index is 0.0515. The second-order valence-corrected chi connectivity index (χ2v) is 5.07. The van der Waals surface area contributed by atoms with Crippen LogP contribution in [-0.2, 0) is 0 Å². The number of ketones is 1. The van der Waals surface area contributed by atoms with Crippen LogP contribution in [0.3, 0.4) is 0 Å². The van der Waals surface area contributed by atoms with Crippen LogP contribution in [0.25, 0.3) is 0 Å². The Balaban J connectivity index is 1.97. The zero-order valence-corrected chi connectivity index (χ0v) is 11.0. The van der Waals surface area contributed by atoms with Gasteiger partial charge >= 0.3 is 0 Å². The third-order valence-corrected chi connectivity index (χ3v) is 3.69. The SMILES string of the molecule is O=C(CN(CCCO)C1CCC1)c1cccc(F)c1. The first-order valence-electron chi connectivity index (χ1n) is 6.84. The fourth-order valence-electron chi connectivity index (χ4n) is 2.35. The first-order chi connectivity index (χ1) is 9.20. The van der Waals surface area contributed by atoms with Gasteiger partial charge in [-0.3, -0.25) is 9.69 Å². The van der Waals surface area contributed by atoms with Crippen LogP contribution in [0, 0.1) is 5.82 Å². The Morgan fingerprint density at radius 1 is 1.42 bits per heavy atom. The first-order valence-corrected chi connectivity index (χ1v) is 6.84. The van der Waals surface area contributed by atoms with Crippen molar-refractivity contribution in [2.45, 2.75) is 31.7 Å². The van der Waals surface area contributed by atoms with E-state index in [0.29, 0.717) is 24.6 Å². The molecule has 1 aliphatic carbocycles. The second kappa shape index (κ2) is 6.78. The summed E-state index contributed by atoms with van der Waals surface area (Å²) in [6, 6.07) is 6.28. The highest BCUT2D eigenvalue weighted by Crippen LogP contribution is 2.25. The third kappa shape index (κ3) is 3.85. The first kappa shape index (κ1) is 14.2. The van der Waals surface area contributed by atoms with Gasteiger partial charge in [-0.2, -0.15) is 0 Å². The minimum Gasteiger partial charge on any atom is -0.396 e. The maximum absolute atomic E-state index is 13.1. The number of rotatable bonds is 7. The normalized spacial score (nSPS) is 15.5. The summed E-state index contributed by atoms with van der Waals surface area (Å²) in [6.07, 6.45) is 4.10. The molecule has 0 atom stereocenters. The van der Waals surface area contributed by atoms with Crippen molar-refractivity contribution in [2.75, 3.05) is 19.7 Å². The highest BCUT2D eigenvalue weighted by atomic mass is 19.1. The van der Waals surface area contributed by atoms with E-state index in [-0.39, 0.29) is 18.2 Å². The molecule has 0 bridgehead atoms. The highest BCUT2D eigenvalue weighted by Gasteiger charge is 2.26. The van der Waals surface area contributed by atoms with Crippen molar-refractivity contribution in [2.24, 2.45) is 0 Å². The third-order valence-electron chi connectivity index (χ3n) is 3.69. The molecule has 0 unspecified atom stereocenters. The lowest BCUT2D eigenvalue weighted by Gasteiger charge is -2.37. The molecule has 2 rings (SSSR count). The van der Waals surface area contributed by atoms with Gasteiger partial charge in [-0.15, -0.1) is 0 Å². The van der Waals surface area contributed by atoms with Gasteiger partial charge in [-0.05, 0) is 31.4 Å². The van der Waals surface area contributed by atoms with Crippen molar-refractivity contribution in [1.29, 1.82) is 0 Å². The van der Waals surface area contributed by atoms with Gasteiger partial charge in [0.25, 0.3) is 0 Å². The number of hydrogen-bond acceptors (Lipinski definition) is 3. The summed E-state index contributed by atoms with van der Waals surface area (Å²) in [5, 5.41) is 8.91. The number of hydrogen-bond donors (Lipinski definition) is 1. The van der Waals surface area contributed by atoms with Gasteiger partial charge in [-0.25, -0.2) is 4.39 Å². The van der Waals surface area contributed by atoms with Crippen molar-refractivity contribution in [3.8, 4) is 0 Å². The number of carbonyl (C=O) groups excluding carboxylic acids is 1. The predicted molar refractivity (Wildman–Crippen MR) is 71.6 cm³/mol. The maximum Gasteiger partial charge on any atom is 0.176 e. The Labute approximate surface area is 113 Å². The lowest BCUT2D eigenvalue weighted by molar-refractivity contribution is 0.0787. The fourth-order valence-corrected chi connectivity index (χ4v) is 2.35. The van der Waals surface area contributed by atoms with Gasteiger partial charge in [-0.1, -0.05) is 18.6 Å². The molecular formula is C15H20FNO2. The van der Waals surface area contributed by atoms with E-state index >= 15 is 0 Å². The zero-order valence-electron chi connectivity index (χ0n) is 11.0. The molecule has 19 heavy (non-hydrogen) atoms. The number of halogens is 1. The maximum atomic E-state index is 13.1. The quantitative estimate of drug-likeness (QED) is 0.769. The molecule has 1 aliphatic rings. The largest absolute Gasteiger partial charge is 0.396 e. The molecule has 1 fully saturated rings. The summed E-state index contributed by atoms with van der Waals surface area (Å²) in [4.78, 5) is 14.3. The molecule has 1 N–H and O–H groups in total. The molecule has 0 spiro atoms. The van der Waals surface area contributed by atoms with Gasteiger partial charge in [0.15, 0.2) is 5.78 Å². The van der Waals surface area contributed by atoms with E-state index in [9.17, 15) is 9.18 Å². The molecule has 1 aromatic rings. The lowest BCUT2D eigenvalue weighted by atomic mass is 9.91. The van der Waals surface area contributed by atoms with Crippen molar-refractivity contribution in [3.63, 3.8) is 0 Å². The standard InChI is InChI=1S/C15H20FNO2/c16-13-5-1-4-12(10-13)15(19)11-17(8-3-9-18)14-6-2-7-14/h1,4-5,10,14,18H,2-3,6-9,11H2. The van der Waals surface area contributed by atoms with Gasteiger partial charge in [0.2, 0.25) is 0 Å². The molecule has 0 aliphatic heterocycles. The van der Waals surface area contributed by atoms with Crippen LogP contribution in [-0.4, -0.2) is 41.5 Å². The molecular weight excluding hydrogens is 245 g/mol. The Morgan fingerprint density at radius 2 is 2.21 bits per heavy atom.